The Morgan fingerprint density at radius 3 is 2.08 bits per heavy atom. The molecule has 0 saturated carbocycles. The molecule has 1 N–H and O–H groups in total. The van der Waals surface area contributed by atoms with Gasteiger partial charge in [0.05, 0.1) is 18.5 Å². The third kappa shape index (κ3) is 13.1. The maximum atomic E-state index is 16.7. The molecule has 324 valence electrons. The summed E-state index contributed by atoms with van der Waals surface area (Å²) < 4.78 is 70.6. The van der Waals surface area contributed by atoms with Gasteiger partial charge in [0, 0.05) is 11.6 Å². The molecule has 1 aliphatic rings. The number of fused-ring (bicyclic) bond motifs is 1. The Morgan fingerprint density at radius 2 is 1.51 bits per heavy atom. The average molecular weight is 867 g/mol. The van der Waals surface area contributed by atoms with Crippen LogP contribution >= 0.6 is 19.5 Å². The molecular weight excluding hydrogens is 814 g/mol. The molecule has 0 aliphatic carbocycles. The number of alkyl halides is 1. The van der Waals surface area contributed by atoms with Crippen molar-refractivity contribution in [3.8, 4) is 5.75 Å². The van der Waals surface area contributed by atoms with Crippen molar-refractivity contribution >= 4 is 60.4 Å². The predicted molar refractivity (Wildman–Crippen MR) is 217 cm³/mol. The molecule has 6 atom stereocenters. The fourth-order valence-electron chi connectivity index (χ4n) is 5.40. The molecule has 20 heteroatoms. The first kappa shape index (κ1) is 47.0. The van der Waals surface area contributed by atoms with Gasteiger partial charge in [-0.25, -0.2) is 28.1 Å². The Kier molecular flexibility index (Phi) is 14.9. The smallest absolute Gasteiger partial charge is 0.465 e. The highest BCUT2D eigenvalue weighted by Crippen LogP contribution is 2.50. The van der Waals surface area contributed by atoms with Gasteiger partial charge in [0.2, 0.25) is 0 Å². The van der Waals surface area contributed by atoms with Crippen LogP contribution in [0.1, 0.15) is 81.5 Å². The first-order chi connectivity index (χ1) is 27.3. The Bertz CT molecular complexity index is 2080. The summed E-state index contributed by atoms with van der Waals surface area (Å²) in [4.78, 5) is 70.0. The van der Waals surface area contributed by atoms with E-state index in [0.29, 0.717) is 10.3 Å². The molecule has 59 heavy (non-hydrogen) atoms. The standard InChI is InChI=1S/C39H52FN4O13PS/c1-12-51-32(45)23(2)42-58(50,57-26-19-15-17-24-16-13-14-18-25(24)26)52-22-27-30(53-36(49)56-39(9,10)11)29(40)31(59-27)43-21-20-28(41-33(43)46)44(34(47)54-37(3,4)5)35(48)55-38(6,7)8/h13-21,23,27,29-31H,12,22H2,1-11H3,(H,42,50)/t23?,27-,29+,30-,31-,58?/m1/s1. The number of thioether (sulfide) groups is 1. The largest absolute Gasteiger partial charge is 0.509 e. The van der Waals surface area contributed by atoms with Gasteiger partial charge in [0.15, 0.2) is 18.1 Å². The second-order valence-electron chi connectivity index (χ2n) is 16.3. The van der Waals surface area contributed by atoms with Crippen molar-refractivity contribution < 1.29 is 60.9 Å². The molecular formula is C39H52FN4O13PS. The van der Waals surface area contributed by atoms with Crippen molar-refractivity contribution in [3.63, 3.8) is 0 Å². The SMILES string of the molecule is CCOC(=O)C(C)NP(=O)(OC[C@H]1S[C@@H](n2ccc(N(C(=O)OC(C)(C)C)C(=O)OC(C)(C)C)nc2=O)[C@@H](F)[C@@H]1OC(=O)OC(C)(C)C)Oc1cccc2ccccc12. The van der Waals surface area contributed by atoms with E-state index in [-0.39, 0.29) is 12.4 Å². The van der Waals surface area contributed by atoms with E-state index in [1.54, 1.807) is 93.5 Å². The first-order valence-corrected chi connectivity index (χ1v) is 21.2. The van der Waals surface area contributed by atoms with Gasteiger partial charge in [0.25, 0.3) is 0 Å². The summed E-state index contributed by atoms with van der Waals surface area (Å²) in [6.07, 6.45) is -6.30. The quantitative estimate of drug-likeness (QED) is 0.104. The highest BCUT2D eigenvalue weighted by Gasteiger charge is 2.50. The fourth-order valence-corrected chi connectivity index (χ4v) is 8.50. The van der Waals surface area contributed by atoms with Crippen LogP contribution in [-0.4, -0.2) is 87.4 Å². The molecule has 2 unspecified atom stereocenters. The predicted octanol–water partition coefficient (Wildman–Crippen LogP) is 8.09. The molecule has 0 radical (unpaired) electrons. The number of ether oxygens (including phenoxy) is 5. The number of benzene rings is 2. The van der Waals surface area contributed by atoms with E-state index in [4.69, 9.17) is 32.7 Å². The van der Waals surface area contributed by atoms with Crippen LogP contribution in [0.3, 0.4) is 0 Å². The lowest BCUT2D eigenvalue weighted by atomic mass is 10.1. The summed E-state index contributed by atoms with van der Waals surface area (Å²) in [5.41, 5.74) is -4.23. The van der Waals surface area contributed by atoms with Crippen LogP contribution in [0.4, 0.5) is 24.6 Å². The molecule has 1 aliphatic heterocycles. The highest BCUT2D eigenvalue weighted by atomic mass is 32.2. The molecule has 4 rings (SSSR count). The number of nitrogens with one attached hydrogen (secondary N) is 1. The maximum Gasteiger partial charge on any atom is 0.509 e. The molecule has 2 amide bonds. The summed E-state index contributed by atoms with van der Waals surface area (Å²) in [6.45, 7) is 16.6. The molecule has 2 heterocycles. The number of amides is 2. The van der Waals surface area contributed by atoms with Crippen molar-refractivity contribution in [2.45, 2.75) is 122 Å². The number of esters is 1. The monoisotopic (exact) mass is 866 g/mol. The van der Waals surface area contributed by atoms with Crippen LogP contribution in [0.5, 0.6) is 5.75 Å². The number of carbonyl (C=O) groups excluding carboxylic acids is 4. The second kappa shape index (κ2) is 18.7. The van der Waals surface area contributed by atoms with Gasteiger partial charge >= 0.3 is 37.7 Å². The molecule has 1 aromatic heterocycles. The van der Waals surface area contributed by atoms with Crippen LogP contribution in [0.2, 0.25) is 0 Å². The molecule has 1 saturated heterocycles. The average Bonchev–Trinajstić information content (AvgIpc) is 3.39. The number of anilines is 1. The summed E-state index contributed by atoms with van der Waals surface area (Å²) in [6, 6.07) is 12.1. The van der Waals surface area contributed by atoms with Gasteiger partial charge in [-0.15, -0.1) is 11.8 Å². The van der Waals surface area contributed by atoms with E-state index < -0.39 is 95.9 Å². The lowest BCUT2D eigenvalue weighted by Gasteiger charge is -2.28. The van der Waals surface area contributed by atoms with Gasteiger partial charge in [0.1, 0.15) is 34.0 Å². The lowest BCUT2D eigenvalue weighted by molar-refractivity contribution is -0.144. The third-order valence-corrected chi connectivity index (χ3v) is 10.9. The normalized spacial score (nSPS) is 19.9. The summed E-state index contributed by atoms with van der Waals surface area (Å²) in [5, 5.41) is 1.27. The van der Waals surface area contributed by atoms with Gasteiger partial charge in [-0.05, 0) is 93.7 Å². The minimum atomic E-state index is -4.55. The van der Waals surface area contributed by atoms with E-state index in [1.165, 1.54) is 6.92 Å². The number of halogens is 1. The van der Waals surface area contributed by atoms with Crippen molar-refractivity contribution in [1.82, 2.24) is 14.6 Å². The van der Waals surface area contributed by atoms with E-state index >= 15 is 4.39 Å². The van der Waals surface area contributed by atoms with Crippen LogP contribution in [0, 0.1) is 0 Å². The molecule has 2 aromatic carbocycles. The molecule has 0 bridgehead atoms. The summed E-state index contributed by atoms with van der Waals surface area (Å²) in [5.74, 6) is -1.08. The Hall–Kier alpha value is -4.71. The van der Waals surface area contributed by atoms with Gasteiger partial charge in [-0.3, -0.25) is 13.9 Å². The van der Waals surface area contributed by atoms with E-state index in [1.807, 2.05) is 18.2 Å². The first-order valence-electron chi connectivity index (χ1n) is 18.7. The van der Waals surface area contributed by atoms with Crippen LogP contribution < -0.4 is 20.2 Å². The molecule has 3 aromatic rings. The summed E-state index contributed by atoms with van der Waals surface area (Å²) >= 11 is 0.777. The number of nitrogens with zero attached hydrogens (tertiary/aromatic N) is 3. The van der Waals surface area contributed by atoms with Crippen LogP contribution in [-0.2, 0) is 37.6 Å². The Morgan fingerprint density at radius 1 is 0.915 bits per heavy atom. The second-order valence-corrected chi connectivity index (χ2v) is 19.3. The number of carbonyl (C=O) groups is 4. The van der Waals surface area contributed by atoms with E-state index in [0.717, 1.165) is 34.0 Å². The number of aromatic nitrogens is 2. The number of hydrogen-bond acceptors (Lipinski definition) is 15. The van der Waals surface area contributed by atoms with E-state index in [2.05, 4.69) is 10.1 Å². The van der Waals surface area contributed by atoms with Crippen molar-refractivity contribution in [2.75, 3.05) is 18.1 Å². The molecule has 0 spiro atoms. The number of rotatable bonds is 12. The zero-order chi connectivity index (χ0) is 44.1. The Labute approximate surface area is 346 Å². The van der Waals surface area contributed by atoms with Gasteiger partial charge in [-0.2, -0.15) is 15.0 Å². The molecule has 17 nitrogen and oxygen atoms in total. The zero-order valence-corrected chi connectivity index (χ0v) is 36.6. The van der Waals surface area contributed by atoms with Crippen molar-refractivity contribution in [2.24, 2.45) is 0 Å². The lowest BCUT2D eigenvalue weighted by Crippen LogP contribution is -2.45. The fraction of sp³-hybridized carbons (Fsp3) is 0.538. The maximum absolute atomic E-state index is 16.7. The Balaban J connectivity index is 1.70. The van der Waals surface area contributed by atoms with Crippen molar-refractivity contribution in [3.05, 3.63) is 65.2 Å². The zero-order valence-electron chi connectivity index (χ0n) is 34.9. The minimum absolute atomic E-state index is 0.0388. The van der Waals surface area contributed by atoms with Crippen LogP contribution in [0.15, 0.2) is 59.5 Å². The number of imide groups is 1. The van der Waals surface area contributed by atoms with Crippen LogP contribution in [0.25, 0.3) is 10.8 Å². The number of hydrogen-bond donors (Lipinski definition) is 1. The van der Waals surface area contributed by atoms with Gasteiger partial charge < -0.3 is 28.2 Å². The topological polar surface area (TPSA) is 200 Å². The minimum Gasteiger partial charge on any atom is -0.465 e. The van der Waals surface area contributed by atoms with Gasteiger partial charge in [-0.1, -0.05) is 36.4 Å². The molecule has 1 fully saturated rings. The van der Waals surface area contributed by atoms with E-state index in [9.17, 15) is 28.5 Å². The summed E-state index contributed by atoms with van der Waals surface area (Å²) in [7, 11) is -4.55. The third-order valence-electron chi connectivity index (χ3n) is 7.73. The van der Waals surface area contributed by atoms with Crippen molar-refractivity contribution in [1.29, 1.82) is 0 Å². The highest BCUT2D eigenvalue weighted by molar-refractivity contribution is 8.00.